The van der Waals surface area contributed by atoms with Gasteiger partial charge in [-0.2, -0.15) is 18.2 Å². The number of nitrogens with one attached hydrogen (secondary N) is 2. The second-order valence-corrected chi connectivity index (χ2v) is 9.60. The highest BCUT2D eigenvalue weighted by Gasteiger charge is 2.31. The van der Waals surface area contributed by atoms with E-state index in [-0.39, 0.29) is 33.3 Å². The molecule has 2 aromatic heterocycles. The molecule has 0 bridgehead atoms. The average molecular weight is 593 g/mol. The highest BCUT2D eigenvalue weighted by molar-refractivity contribution is 6.33. The van der Waals surface area contributed by atoms with Crippen LogP contribution in [0.25, 0.3) is 22.2 Å². The smallest absolute Gasteiger partial charge is 0.366 e. The van der Waals surface area contributed by atoms with Crippen LogP contribution >= 0.6 is 11.6 Å². The molecule has 212 valence electrons. The molecule has 42 heavy (non-hydrogen) atoms. The topological polar surface area (TPSA) is 132 Å². The average Bonchev–Trinajstić information content (AvgIpc) is 2.96. The number of carbonyl (C=O) groups excluding carboxylic acids is 2. The number of amides is 2. The van der Waals surface area contributed by atoms with Crippen molar-refractivity contribution < 1.29 is 22.8 Å². The van der Waals surface area contributed by atoms with E-state index in [1.54, 1.807) is 30.3 Å². The Morgan fingerprint density at radius 1 is 0.929 bits per heavy atom. The number of nitrogens with two attached hydrogens (primary N) is 1. The summed E-state index contributed by atoms with van der Waals surface area (Å²) in [6.07, 6.45) is -3.10. The van der Waals surface area contributed by atoms with Crippen molar-refractivity contribution in [2.45, 2.75) is 6.18 Å². The quantitative estimate of drug-likeness (QED) is 0.230. The fraction of sp³-hybridized carbons (Fsp3) is 0.0690. The van der Waals surface area contributed by atoms with E-state index in [9.17, 15) is 27.6 Å². The third-order valence-electron chi connectivity index (χ3n) is 6.32. The summed E-state index contributed by atoms with van der Waals surface area (Å²) in [5, 5.41) is 6.23. The van der Waals surface area contributed by atoms with Gasteiger partial charge in [0.15, 0.2) is 0 Å². The van der Waals surface area contributed by atoms with Gasteiger partial charge in [0.1, 0.15) is 5.65 Å². The van der Waals surface area contributed by atoms with Crippen molar-refractivity contribution in [1.29, 1.82) is 0 Å². The van der Waals surface area contributed by atoms with Gasteiger partial charge in [-0.05, 0) is 60.7 Å². The zero-order chi connectivity index (χ0) is 30.2. The molecule has 0 aliphatic carbocycles. The first-order chi connectivity index (χ1) is 19.9. The summed E-state index contributed by atoms with van der Waals surface area (Å²) < 4.78 is 40.5. The second kappa shape index (κ2) is 11.0. The predicted molar refractivity (Wildman–Crippen MR) is 153 cm³/mol. The Kier molecular flexibility index (Phi) is 7.40. The van der Waals surface area contributed by atoms with Gasteiger partial charge in [-0.15, -0.1) is 0 Å². The van der Waals surface area contributed by atoms with Crippen molar-refractivity contribution >= 4 is 51.8 Å². The summed E-state index contributed by atoms with van der Waals surface area (Å²) in [5.41, 5.74) is 5.54. The number of nitrogens with zero attached hydrogens (tertiary/aromatic N) is 3. The molecule has 4 N–H and O–H groups in total. The molecular formula is C29H20ClF3N6O3. The molecule has 5 rings (SSSR count). The van der Waals surface area contributed by atoms with Gasteiger partial charge >= 0.3 is 6.18 Å². The summed E-state index contributed by atoms with van der Waals surface area (Å²) in [5.74, 6) is -1.19. The Bertz CT molecular complexity index is 1940. The summed E-state index contributed by atoms with van der Waals surface area (Å²) in [6, 6.07) is 16.4. The molecule has 0 saturated carbocycles. The fourth-order valence-corrected chi connectivity index (χ4v) is 4.45. The first-order valence-electron chi connectivity index (χ1n) is 12.2. The van der Waals surface area contributed by atoms with Gasteiger partial charge in [-0.3, -0.25) is 19.0 Å². The Hall–Kier alpha value is -5.23. The number of benzene rings is 3. The minimum Gasteiger partial charge on any atom is -0.366 e. The lowest BCUT2D eigenvalue weighted by Crippen LogP contribution is -2.20. The monoisotopic (exact) mass is 592 g/mol. The van der Waals surface area contributed by atoms with Crippen LogP contribution in [-0.2, 0) is 13.2 Å². The molecule has 0 atom stereocenters. The number of alkyl halides is 3. The zero-order valence-electron chi connectivity index (χ0n) is 21.7. The number of hydrogen-bond donors (Lipinski definition) is 3. The SMILES string of the molecule is Cn1c(=O)c(-c2cc(NC(=O)c3cccc(C(F)(F)F)c3)ccc2Cl)cc2cnc(Nc3cccc(C(N)=O)c3)nc21. The Morgan fingerprint density at radius 3 is 2.40 bits per heavy atom. The maximum atomic E-state index is 13.4. The van der Waals surface area contributed by atoms with Crippen LogP contribution in [0, 0.1) is 0 Å². The molecule has 0 fully saturated rings. The molecule has 0 saturated heterocycles. The third-order valence-corrected chi connectivity index (χ3v) is 6.65. The number of anilines is 3. The molecule has 9 nitrogen and oxygen atoms in total. The van der Waals surface area contributed by atoms with Crippen LogP contribution in [0.4, 0.5) is 30.5 Å². The van der Waals surface area contributed by atoms with Crippen molar-refractivity contribution in [2.75, 3.05) is 10.6 Å². The predicted octanol–water partition coefficient (Wildman–Crippen LogP) is 5.76. The van der Waals surface area contributed by atoms with Crippen molar-refractivity contribution in [1.82, 2.24) is 14.5 Å². The minimum absolute atomic E-state index is 0.171. The highest BCUT2D eigenvalue weighted by Crippen LogP contribution is 2.32. The van der Waals surface area contributed by atoms with Crippen LogP contribution in [0.15, 0.2) is 83.8 Å². The van der Waals surface area contributed by atoms with Crippen molar-refractivity contribution in [3.05, 3.63) is 111 Å². The lowest BCUT2D eigenvalue weighted by molar-refractivity contribution is -0.137. The van der Waals surface area contributed by atoms with Crippen LogP contribution in [-0.4, -0.2) is 26.3 Å². The molecule has 0 aliphatic heterocycles. The maximum absolute atomic E-state index is 13.4. The molecule has 0 spiro atoms. The first kappa shape index (κ1) is 28.3. The summed E-state index contributed by atoms with van der Waals surface area (Å²) >= 11 is 6.42. The summed E-state index contributed by atoms with van der Waals surface area (Å²) in [7, 11) is 1.52. The Balaban J connectivity index is 1.46. The Morgan fingerprint density at radius 2 is 1.67 bits per heavy atom. The summed E-state index contributed by atoms with van der Waals surface area (Å²) in [6.45, 7) is 0. The third kappa shape index (κ3) is 5.79. The van der Waals surface area contributed by atoms with Gasteiger partial charge in [0.25, 0.3) is 11.5 Å². The van der Waals surface area contributed by atoms with E-state index >= 15 is 0 Å². The number of aromatic nitrogens is 3. The van der Waals surface area contributed by atoms with Gasteiger partial charge in [0.05, 0.1) is 5.56 Å². The van der Waals surface area contributed by atoms with Crippen molar-refractivity contribution in [3.63, 3.8) is 0 Å². The molecule has 2 heterocycles. The van der Waals surface area contributed by atoms with E-state index in [0.29, 0.717) is 22.3 Å². The molecule has 2 amide bonds. The first-order valence-corrected chi connectivity index (χ1v) is 12.6. The fourth-order valence-electron chi connectivity index (χ4n) is 4.23. The molecule has 0 radical (unpaired) electrons. The molecule has 3 aromatic carbocycles. The standard InChI is InChI=1S/C29H20ClF3N6O3/c1-39-25-17(14-35-28(38-25)37-19-7-3-4-15(11-19)24(34)40)12-22(27(39)42)21-13-20(8-9-23(21)30)36-26(41)16-5-2-6-18(10-16)29(31,32)33/h2-14H,1H3,(H2,34,40)(H,36,41)(H,35,37,38). The number of fused-ring (bicyclic) bond motifs is 1. The maximum Gasteiger partial charge on any atom is 0.416 e. The van der Waals surface area contributed by atoms with Gasteiger partial charge < -0.3 is 16.4 Å². The van der Waals surface area contributed by atoms with Crippen molar-refractivity contribution in [3.8, 4) is 11.1 Å². The number of pyridine rings is 1. The lowest BCUT2D eigenvalue weighted by atomic mass is 10.0. The number of hydrogen-bond acceptors (Lipinski definition) is 6. The largest absolute Gasteiger partial charge is 0.416 e. The van der Waals surface area contributed by atoms with Gasteiger partial charge in [0, 0.05) is 57.3 Å². The number of rotatable bonds is 6. The van der Waals surface area contributed by atoms with E-state index in [0.717, 1.165) is 18.2 Å². The van der Waals surface area contributed by atoms with Crippen LogP contribution < -0.4 is 21.9 Å². The van der Waals surface area contributed by atoms with Crippen LogP contribution in [0.1, 0.15) is 26.3 Å². The van der Waals surface area contributed by atoms with Gasteiger partial charge in [-0.25, -0.2) is 4.98 Å². The molecule has 13 heteroatoms. The minimum atomic E-state index is -4.60. The van der Waals surface area contributed by atoms with Crippen LogP contribution in [0.5, 0.6) is 0 Å². The van der Waals surface area contributed by atoms with E-state index in [1.807, 2.05) is 0 Å². The van der Waals surface area contributed by atoms with Crippen LogP contribution in [0.3, 0.4) is 0 Å². The van der Waals surface area contributed by atoms with Crippen LogP contribution in [0.2, 0.25) is 5.02 Å². The number of halogens is 4. The van der Waals surface area contributed by atoms with E-state index in [1.165, 1.54) is 42.1 Å². The number of primary amides is 1. The van der Waals surface area contributed by atoms with E-state index < -0.39 is 29.1 Å². The van der Waals surface area contributed by atoms with Gasteiger partial charge in [-0.1, -0.05) is 23.7 Å². The number of aryl methyl sites for hydroxylation is 1. The van der Waals surface area contributed by atoms with Crippen molar-refractivity contribution in [2.24, 2.45) is 12.8 Å². The van der Waals surface area contributed by atoms with E-state index in [2.05, 4.69) is 20.6 Å². The molecular weight excluding hydrogens is 573 g/mol. The second-order valence-electron chi connectivity index (χ2n) is 9.19. The Labute approximate surface area is 240 Å². The molecule has 5 aromatic rings. The normalized spacial score (nSPS) is 11.4. The number of carbonyl (C=O) groups is 2. The summed E-state index contributed by atoms with van der Waals surface area (Å²) in [4.78, 5) is 46.3. The molecule has 0 aliphatic rings. The highest BCUT2D eigenvalue weighted by atomic mass is 35.5. The van der Waals surface area contributed by atoms with E-state index in [4.69, 9.17) is 17.3 Å². The van der Waals surface area contributed by atoms with Gasteiger partial charge in [0.2, 0.25) is 11.9 Å². The lowest BCUT2D eigenvalue weighted by Gasteiger charge is -2.13. The molecule has 0 unspecified atom stereocenters. The zero-order valence-corrected chi connectivity index (χ0v) is 22.4.